The molecule has 1 atom stereocenters. The Bertz CT molecular complexity index is 1250. The van der Waals surface area contributed by atoms with E-state index in [1.54, 1.807) is 42.5 Å². The van der Waals surface area contributed by atoms with Gasteiger partial charge in [-0.2, -0.15) is 0 Å². The number of halogens is 3. The molecule has 0 saturated heterocycles. The molecule has 1 aliphatic carbocycles. The summed E-state index contributed by atoms with van der Waals surface area (Å²) in [5.41, 5.74) is 3.85. The van der Waals surface area contributed by atoms with Crippen LogP contribution in [0.15, 0.2) is 73.3 Å². The summed E-state index contributed by atoms with van der Waals surface area (Å²) < 4.78 is 49.3. The van der Waals surface area contributed by atoms with E-state index in [9.17, 15) is 13.2 Å². The quantitative estimate of drug-likeness (QED) is 0.180. The van der Waals surface area contributed by atoms with Crippen LogP contribution in [0.1, 0.15) is 49.3 Å². The second-order valence-corrected chi connectivity index (χ2v) is 8.97. The van der Waals surface area contributed by atoms with Gasteiger partial charge in [0, 0.05) is 11.1 Å². The van der Waals surface area contributed by atoms with Crippen LogP contribution in [0.2, 0.25) is 0 Å². The molecule has 0 spiro atoms. The van der Waals surface area contributed by atoms with E-state index >= 15 is 0 Å². The third-order valence-electron chi connectivity index (χ3n) is 6.34. The first kappa shape index (κ1) is 24.6. The lowest BCUT2D eigenvalue weighted by atomic mass is 9.87. The Kier molecular flexibility index (Phi) is 7.91. The topological polar surface area (TPSA) is 9.23 Å². The molecule has 0 bridgehead atoms. The minimum atomic E-state index is -0.833. The van der Waals surface area contributed by atoms with E-state index in [1.807, 2.05) is 30.3 Å². The number of allylic oxidation sites excluding steroid dienone is 2. The Morgan fingerprint density at radius 3 is 2.40 bits per heavy atom. The fourth-order valence-electron chi connectivity index (χ4n) is 4.17. The molecule has 0 amide bonds. The largest absolute Gasteiger partial charge is 0.490 e. The van der Waals surface area contributed by atoms with Gasteiger partial charge in [0.15, 0.2) is 23.2 Å². The second kappa shape index (κ2) is 11.3. The van der Waals surface area contributed by atoms with Gasteiger partial charge in [-0.15, -0.1) is 6.58 Å². The van der Waals surface area contributed by atoms with Gasteiger partial charge in [-0.05, 0) is 66.0 Å². The molecule has 35 heavy (non-hydrogen) atoms. The molecule has 0 saturated carbocycles. The van der Waals surface area contributed by atoms with Crippen molar-refractivity contribution in [2.75, 3.05) is 6.61 Å². The number of hydrogen-bond donors (Lipinski definition) is 0. The zero-order valence-corrected chi connectivity index (χ0v) is 19.9. The highest BCUT2D eigenvalue weighted by atomic mass is 19.2. The molecule has 0 heterocycles. The molecule has 0 aliphatic heterocycles. The monoisotopic (exact) mass is 474 g/mol. The Labute approximate surface area is 205 Å². The van der Waals surface area contributed by atoms with Crippen molar-refractivity contribution in [3.63, 3.8) is 0 Å². The van der Waals surface area contributed by atoms with Crippen LogP contribution in [0.5, 0.6) is 5.75 Å². The lowest BCUT2D eigenvalue weighted by Gasteiger charge is -2.19. The van der Waals surface area contributed by atoms with Crippen LogP contribution in [-0.4, -0.2) is 6.61 Å². The van der Waals surface area contributed by atoms with Crippen molar-refractivity contribution in [1.82, 2.24) is 0 Å². The van der Waals surface area contributed by atoms with Crippen LogP contribution in [0, 0.1) is 23.4 Å². The van der Waals surface area contributed by atoms with Crippen LogP contribution in [-0.2, 0) is 0 Å². The number of rotatable bonds is 8. The van der Waals surface area contributed by atoms with Crippen molar-refractivity contribution in [2.24, 2.45) is 5.92 Å². The van der Waals surface area contributed by atoms with Gasteiger partial charge in [0.25, 0.3) is 0 Å². The fourth-order valence-corrected chi connectivity index (χ4v) is 4.17. The molecule has 4 rings (SSSR count). The highest BCUT2D eigenvalue weighted by Crippen LogP contribution is 2.33. The molecule has 0 fully saturated rings. The van der Waals surface area contributed by atoms with Crippen molar-refractivity contribution >= 4 is 17.7 Å². The summed E-state index contributed by atoms with van der Waals surface area (Å²) in [5, 5.41) is 0. The Balaban J connectivity index is 1.46. The first-order valence-corrected chi connectivity index (χ1v) is 12.0. The van der Waals surface area contributed by atoms with Gasteiger partial charge in [0.05, 0.1) is 6.61 Å². The Morgan fingerprint density at radius 2 is 1.71 bits per heavy atom. The fraction of sp³-hybridized carbons (Fsp3) is 0.226. The van der Waals surface area contributed by atoms with E-state index in [0.717, 1.165) is 41.5 Å². The number of ether oxygens (including phenoxy) is 1. The molecule has 4 heteroatoms. The molecule has 1 unspecified atom stereocenters. The van der Waals surface area contributed by atoms with E-state index in [0.29, 0.717) is 24.5 Å². The summed E-state index contributed by atoms with van der Waals surface area (Å²) in [6.45, 7) is 6.17. The lowest BCUT2D eigenvalue weighted by molar-refractivity contribution is 0.308. The van der Waals surface area contributed by atoms with Gasteiger partial charge in [0.1, 0.15) is 0 Å². The van der Waals surface area contributed by atoms with Gasteiger partial charge >= 0.3 is 0 Å². The molecule has 0 N–H and O–H groups in total. The third-order valence-corrected chi connectivity index (χ3v) is 6.34. The van der Waals surface area contributed by atoms with E-state index in [4.69, 9.17) is 4.74 Å². The molecule has 1 aliphatic rings. The highest BCUT2D eigenvalue weighted by molar-refractivity contribution is 5.74. The number of benzene rings is 3. The summed E-state index contributed by atoms with van der Waals surface area (Å²) in [5.74, 6) is -1.25. The van der Waals surface area contributed by atoms with E-state index in [1.165, 1.54) is 6.07 Å². The summed E-state index contributed by atoms with van der Waals surface area (Å²) >= 11 is 0. The average Bonchev–Trinajstić information content (AvgIpc) is 2.87. The predicted molar refractivity (Wildman–Crippen MR) is 138 cm³/mol. The first-order chi connectivity index (χ1) is 17.0. The SMILES string of the molecule is C=CCCOc1ccc(-c2ccc(/C=C/c3ccc(C4=CCC(C)CC4)c(F)c3F)cc2)cc1F. The van der Waals surface area contributed by atoms with Crippen LogP contribution < -0.4 is 4.74 Å². The summed E-state index contributed by atoms with van der Waals surface area (Å²) in [6.07, 6.45) is 10.4. The predicted octanol–water partition coefficient (Wildman–Crippen LogP) is 9.10. The third kappa shape index (κ3) is 5.94. The van der Waals surface area contributed by atoms with Gasteiger partial charge in [0.2, 0.25) is 0 Å². The van der Waals surface area contributed by atoms with Crippen molar-refractivity contribution < 1.29 is 17.9 Å². The summed E-state index contributed by atoms with van der Waals surface area (Å²) in [4.78, 5) is 0. The molecule has 0 aromatic heterocycles. The van der Waals surface area contributed by atoms with Crippen molar-refractivity contribution in [2.45, 2.75) is 32.6 Å². The van der Waals surface area contributed by atoms with Crippen LogP contribution in [0.4, 0.5) is 13.2 Å². The number of hydrogen-bond acceptors (Lipinski definition) is 1. The van der Waals surface area contributed by atoms with Crippen molar-refractivity contribution in [3.05, 3.63) is 107 Å². The van der Waals surface area contributed by atoms with Crippen molar-refractivity contribution in [1.29, 1.82) is 0 Å². The smallest absolute Gasteiger partial charge is 0.166 e. The normalized spacial score (nSPS) is 15.8. The van der Waals surface area contributed by atoms with Crippen LogP contribution in [0.3, 0.4) is 0 Å². The summed E-state index contributed by atoms with van der Waals surface area (Å²) in [7, 11) is 0. The van der Waals surface area contributed by atoms with Gasteiger partial charge in [-0.3, -0.25) is 0 Å². The molecule has 3 aromatic rings. The van der Waals surface area contributed by atoms with Gasteiger partial charge < -0.3 is 4.74 Å². The average molecular weight is 475 g/mol. The van der Waals surface area contributed by atoms with Crippen LogP contribution >= 0.6 is 0 Å². The lowest BCUT2D eigenvalue weighted by Crippen LogP contribution is -2.04. The van der Waals surface area contributed by atoms with Crippen molar-refractivity contribution in [3.8, 4) is 16.9 Å². The van der Waals surface area contributed by atoms with E-state index in [2.05, 4.69) is 13.5 Å². The van der Waals surface area contributed by atoms with Crippen LogP contribution in [0.25, 0.3) is 28.9 Å². The second-order valence-electron chi connectivity index (χ2n) is 8.97. The minimum Gasteiger partial charge on any atom is -0.490 e. The standard InChI is InChI=1S/C31H29F3O/c1-3-4-19-35-29-18-16-26(20-28(29)32)23-12-7-22(8-13-23)9-14-25-15-17-27(31(34)30(25)33)24-10-5-21(2)6-11-24/h3,7-10,12-18,20-21H,1,4-6,11,19H2,2H3/b14-9+. The Hall–Kier alpha value is -3.53. The molecule has 180 valence electrons. The van der Waals surface area contributed by atoms with E-state index < -0.39 is 17.5 Å². The Morgan fingerprint density at radius 1 is 0.943 bits per heavy atom. The maximum atomic E-state index is 14.8. The van der Waals surface area contributed by atoms with E-state index in [-0.39, 0.29) is 11.3 Å². The molecular formula is C31H29F3O. The maximum Gasteiger partial charge on any atom is 0.166 e. The molecule has 0 radical (unpaired) electrons. The van der Waals surface area contributed by atoms with Gasteiger partial charge in [-0.1, -0.05) is 73.7 Å². The first-order valence-electron chi connectivity index (χ1n) is 12.0. The minimum absolute atomic E-state index is 0.203. The van der Waals surface area contributed by atoms with Gasteiger partial charge in [-0.25, -0.2) is 13.2 Å². The zero-order chi connectivity index (χ0) is 24.8. The molecular weight excluding hydrogens is 445 g/mol. The molecule has 1 nitrogen and oxygen atoms in total. The maximum absolute atomic E-state index is 14.8. The molecule has 3 aromatic carbocycles. The highest BCUT2D eigenvalue weighted by Gasteiger charge is 2.18. The summed E-state index contributed by atoms with van der Waals surface area (Å²) in [6, 6.07) is 15.6. The zero-order valence-electron chi connectivity index (χ0n) is 19.9.